The molecule has 2 heterocycles. The Morgan fingerprint density at radius 3 is 2.62 bits per heavy atom. The van der Waals surface area contributed by atoms with Crippen molar-refractivity contribution in [2.75, 3.05) is 0 Å². The molecule has 24 heavy (non-hydrogen) atoms. The lowest BCUT2D eigenvalue weighted by atomic mass is 9.82. The van der Waals surface area contributed by atoms with Gasteiger partial charge in [-0.15, -0.1) is 11.3 Å². The van der Waals surface area contributed by atoms with E-state index in [0.29, 0.717) is 18.3 Å². The summed E-state index contributed by atoms with van der Waals surface area (Å²) in [7, 11) is 0. The minimum atomic E-state index is 0.0722. The van der Waals surface area contributed by atoms with Crippen molar-refractivity contribution in [3.63, 3.8) is 0 Å². The maximum atomic E-state index is 5.40. The molecular weight excluding hydrogens is 386 g/mol. The predicted octanol–water partition coefficient (Wildman–Crippen LogP) is 5.44. The number of nitrogens with one attached hydrogen (secondary N) is 1. The van der Waals surface area contributed by atoms with Crippen LogP contribution in [0.3, 0.4) is 0 Å². The Morgan fingerprint density at radius 2 is 2.00 bits per heavy atom. The molecule has 2 aromatic heterocycles. The first-order valence-corrected chi connectivity index (χ1v) is 9.46. The van der Waals surface area contributed by atoms with E-state index in [-0.39, 0.29) is 11.5 Å². The fraction of sp³-hybridized carbons (Fsp3) is 0.333. The van der Waals surface area contributed by atoms with Gasteiger partial charge in [0, 0.05) is 15.9 Å². The van der Waals surface area contributed by atoms with Crippen molar-refractivity contribution < 1.29 is 4.52 Å². The Kier molecular flexibility index (Phi) is 5.18. The van der Waals surface area contributed by atoms with Gasteiger partial charge in [0.2, 0.25) is 11.7 Å². The fourth-order valence-electron chi connectivity index (χ4n) is 2.62. The summed E-state index contributed by atoms with van der Waals surface area (Å²) in [6.45, 7) is 7.20. The largest absolute Gasteiger partial charge is 0.338 e. The highest BCUT2D eigenvalue weighted by atomic mass is 79.9. The molecule has 4 nitrogen and oxygen atoms in total. The molecule has 0 unspecified atom stereocenters. The zero-order valence-electron chi connectivity index (χ0n) is 13.9. The van der Waals surface area contributed by atoms with Crippen LogP contribution in [0, 0.1) is 5.41 Å². The molecule has 0 saturated heterocycles. The van der Waals surface area contributed by atoms with Crippen LogP contribution in [0.25, 0.3) is 10.7 Å². The Balaban J connectivity index is 1.72. The second-order valence-electron chi connectivity index (χ2n) is 6.73. The van der Waals surface area contributed by atoms with Crippen LogP contribution in [0.5, 0.6) is 0 Å². The van der Waals surface area contributed by atoms with Gasteiger partial charge in [-0.05, 0) is 33.0 Å². The number of thiophene rings is 1. The number of rotatable bonds is 5. The minimum absolute atomic E-state index is 0.0722. The molecule has 0 fully saturated rings. The highest BCUT2D eigenvalue weighted by Gasteiger charge is 2.26. The monoisotopic (exact) mass is 405 g/mol. The van der Waals surface area contributed by atoms with Gasteiger partial charge in [-0.25, -0.2) is 0 Å². The van der Waals surface area contributed by atoms with Gasteiger partial charge in [0.25, 0.3) is 0 Å². The van der Waals surface area contributed by atoms with Crippen LogP contribution in [-0.4, -0.2) is 10.1 Å². The molecule has 3 aromatic rings. The van der Waals surface area contributed by atoms with Gasteiger partial charge in [0.15, 0.2) is 0 Å². The zero-order valence-corrected chi connectivity index (χ0v) is 16.3. The van der Waals surface area contributed by atoms with Crippen molar-refractivity contribution in [1.29, 1.82) is 0 Å². The summed E-state index contributed by atoms with van der Waals surface area (Å²) < 4.78 is 6.43. The highest BCUT2D eigenvalue weighted by Crippen LogP contribution is 2.33. The highest BCUT2D eigenvalue weighted by molar-refractivity contribution is 9.10. The number of nitrogens with zero attached hydrogens (tertiary/aromatic N) is 2. The van der Waals surface area contributed by atoms with E-state index < -0.39 is 0 Å². The maximum absolute atomic E-state index is 5.40. The molecule has 126 valence electrons. The van der Waals surface area contributed by atoms with Gasteiger partial charge in [-0.1, -0.05) is 56.3 Å². The van der Waals surface area contributed by atoms with Gasteiger partial charge < -0.3 is 9.84 Å². The summed E-state index contributed by atoms with van der Waals surface area (Å²) in [6, 6.07) is 12.6. The van der Waals surface area contributed by atoms with E-state index in [0.717, 1.165) is 9.35 Å². The van der Waals surface area contributed by atoms with E-state index in [9.17, 15) is 0 Å². The summed E-state index contributed by atoms with van der Waals surface area (Å²) in [5.74, 6) is 1.23. The maximum Gasteiger partial charge on any atom is 0.240 e. The molecule has 0 radical (unpaired) electrons. The minimum Gasteiger partial charge on any atom is -0.338 e. The van der Waals surface area contributed by atoms with Gasteiger partial charge >= 0.3 is 0 Å². The Hall–Kier alpha value is -1.50. The number of benzene rings is 1. The Labute approximate surface area is 154 Å². The molecule has 1 N–H and O–H groups in total. The van der Waals surface area contributed by atoms with Crippen LogP contribution in [0.15, 0.2) is 50.8 Å². The molecule has 6 heteroatoms. The molecular formula is C18H20BrN3OS. The summed E-state index contributed by atoms with van der Waals surface area (Å²) in [5, 5.41) is 9.64. The second kappa shape index (κ2) is 7.17. The molecule has 3 rings (SSSR count). The average molecular weight is 406 g/mol. The third-order valence-electron chi connectivity index (χ3n) is 3.71. The molecule has 0 bridgehead atoms. The van der Waals surface area contributed by atoms with Gasteiger partial charge in [-0.2, -0.15) is 4.98 Å². The van der Waals surface area contributed by atoms with E-state index in [2.05, 4.69) is 76.4 Å². The number of hydrogen-bond acceptors (Lipinski definition) is 5. The summed E-state index contributed by atoms with van der Waals surface area (Å²) in [5.41, 5.74) is 1.33. The van der Waals surface area contributed by atoms with Crippen molar-refractivity contribution in [3.05, 3.63) is 57.7 Å². The summed E-state index contributed by atoms with van der Waals surface area (Å²) in [6.07, 6.45) is 0. The first kappa shape index (κ1) is 17.3. The average Bonchev–Trinajstić information content (AvgIpc) is 3.16. The van der Waals surface area contributed by atoms with Crippen molar-refractivity contribution >= 4 is 27.3 Å². The molecule has 0 saturated carbocycles. The van der Waals surface area contributed by atoms with E-state index in [1.807, 2.05) is 17.5 Å². The van der Waals surface area contributed by atoms with Crippen molar-refractivity contribution in [2.45, 2.75) is 33.4 Å². The number of aromatic nitrogens is 2. The molecule has 0 spiro atoms. The van der Waals surface area contributed by atoms with E-state index >= 15 is 0 Å². The van der Waals surface area contributed by atoms with Crippen LogP contribution in [-0.2, 0) is 6.54 Å². The Bertz CT molecular complexity index is 792. The van der Waals surface area contributed by atoms with E-state index in [1.54, 1.807) is 11.3 Å². The first-order valence-electron chi connectivity index (χ1n) is 7.79. The number of halogens is 1. The normalized spacial score (nSPS) is 13.2. The standard InChI is InChI=1S/C18H20BrN3OS/c1-18(2,3)16(12-7-5-4-6-8-12)20-10-15-21-17(22-23-15)14-9-13(19)11-24-14/h4-9,11,16,20H,10H2,1-3H3/t16-/m0/s1. The fourth-order valence-corrected chi connectivity index (χ4v) is 3.97. The van der Waals surface area contributed by atoms with Crippen LogP contribution < -0.4 is 5.32 Å². The van der Waals surface area contributed by atoms with Crippen molar-refractivity contribution in [1.82, 2.24) is 15.5 Å². The third-order valence-corrected chi connectivity index (χ3v) is 5.40. The lowest BCUT2D eigenvalue weighted by Crippen LogP contribution is -2.32. The number of hydrogen-bond donors (Lipinski definition) is 1. The SMILES string of the molecule is CC(C)(C)[C@@H](NCc1nc(-c2cc(Br)cs2)no1)c1ccccc1. The quantitative estimate of drug-likeness (QED) is 0.613. The van der Waals surface area contributed by atoms with Gasteiger partial charge in [0.05, 0.1) is 11.4 Å². The Morgan fingerprint density at radius 1 is 1.25 bits per heavy atom. The molecule has 1 atom stereocenters. The van der Waals surface area contributed by atoms with Crippen LogP contribution in [0.2, 0.25) is 0 Å². The van der Waals surface area contributed by atoms with E-state index in [4.69, 9.17) is 4.52 Å². The van der Waals surface area contributed by atoms with E-state index in [1.165, 1.54) is 5.56 Å². The van der Waals surface area contributed by atoms with Crippen LogP contribution >= 0.6 is 27.3 Å². The van der Waals surface area contributed by atoms with Gasteiger partial charge in [0.1, 0.15) is 0 Å². The first-order chi connectivity index (χ1) is 11.4. The summed E-state index contributed by atoms with van der Waals surface area (Å²) >= 11 is 5.03. The zero-order chi connectivity index (χ0) is 17.2. The molecule has 1 aromatic carbocycles. The van der Waals surface area contributed by atoms with Crippen molar-refractivity contribution in [3.8, 4) is 10.7 Å². The lowest BCUT2D eigenvalue weighted by Gasteiger charge is -2.31. The molecule has 0 aliphatic carbocycles. The predicted molar refractivity (Wildman–Crippen MR) is 101 cm³/mol. The third kappa shape index (κ3) is 4.12. The second-order valence-corrected chi connectivity index (χ2v) is 8.56. The smallest absolute Gasteiger partial charge is 0.240 e. The summed E-state index contributed by atoms with van der Waals surface area (Å²) in [4.78, 5) is 5.48. The van der Waals surface area contributed by atoms with Crippen LogP contribution in [0.1, 0.15) is 38.3 Å². The molecule has 0 aliphatic heterocycles. The lowest BCUT2D eigenvalue weighted by molar-refractivity contribution is 0.257. The molecule has 0 amide bonds. The van der Waals surface area contributed by atoms with Crippen LogP contribution in [0.4, 0.5) is 0 Å². The topological polar surface area (TPSA) is 51.0 Å². The van der Waals surface area contributed by atoms with Gasteiger partial charge in [-0.3, -0.25) is 0 Å². The van der Waals surface area contributed by atoms with Crippen molar-refractivity contribution in [2.24, 2.45) is 5.41 Å². The molecule has 0 aliphatic rings.